The first-order valence-corrected chi connectivity index (χ1v) is 9.00. The average molecular weight is 369 g/mol. The molecule has 0 radical (unpaired) electrons. The molecule has 27 heavy (non-hydrogen) atoms. The molecular weight excluding hydrogens is 342 g/mol. The molecule has 5 nitrogen and oxygen atoms in total. The van der Waals surface area contributed by atoms with Crippen molar-refractivity contribution in [2.24, 2.45) is 0 Å². The Morgan fingerprint density at radius 1 is 1.07 bits per heavy atom. The summed E-state index contributed by atoms with van der Waals surface area (Å²) in [5.74, 6) is 0.674. The Bertz CT molecular complexity index is 752. The first kappa shape index (κ1) is 20.5. The van der Waals surface area contributed by atoms with Gasteiger partial charge in [-0.15, -0.1) is 0 Å². The third-order valence-corrected chi connectivity index (χ3v) is 3.97. The second-order valence-electron chi connectivity index (χ2n) is 7.29. The molecule has 0 aliphatic rings. The molecule has 1 unspecified atom stereocenters. The van der Waals surface area contributed by atoms with Crippen LogP contribution < -0.4 is 4.74 Å². The number of hydrogen-bond donors (Lipinski definition) is 0. The van der Waals surface area contributed by atoms with Crippen LogP contribution in [-0.2, 0) is 16.1 Å². The summed E-state index contributed by atoms with van der Waals surface area (Å²) >= 11 is 0. The lowest BCUT2D eigenvalue weighted by molar-refractivity contribution is -0.109. The van der Waals surface area contributed by atoms with Gasteiger partial charge >= 0.3 is 6.09 Å². The molecule has 0 aliphatic heterocycles. The summed E-state index contributed by atoms with van der Waals surface area (Å²) in [6.45, 7) is 7.62. The molecule has 1 amide bonds. The van der Waals surface area contributed by atoms with Gasteiger partial charge in [-0.3, -0.25) is 4.90 Å². The van der Waals surface area contributed by atoms with Gasteiger partial charge in [0, 0.05) is 5.56 Å². The normalized spacial score (nSPS) is 12.1. The van der Waals surface area contributed by atoms with Gasteiger partial charge in [0.25, 0.3) is 0 Å². The van der Waals surface area contributed by atoms with E-state index in [9.17, 15) is 9.59 Å². The zero-order valence-electron chi connectivity index (χ0n) is 16.3. The predicted molar refractivity (Wildman–Crippen MR) is 105 cm³/mol. The van der Waals surface area contributed by atoms with Crippen molar-refractivity contribution in [1.29, 1.82) is 0 Å². The molecule has 0 fully saturated rings. The summed E-state index contributed by atoms with van der Waals surface area (Å²) in [6.07, 6.45) is 0.174. The molecular formula is C22H27NO4. The Morgan fingerprint density at radius 3 is 2.33 bits per heavy atom. The van der Waals surface area contributed by atoms with Crippen molar-refractivity contribution >= 4 is 12.4 Å². The molecule has 0 spiro atoms. The molecule has 0 heterocycles. The van der Waals surface area contributed by atoms with Gasteiger partial charge in [0.2, 0.25) is 0 Å². The van der Waals surface area contributed by atoms with Crippen molar-refractivity contribution in [3.63, 3.8) is 0 Å². The van der Waals surface area contributed by atoms with Crippen LogP contribution in [0.4, 0.5) is 4.79 Å². The predicted octanol–water partition coefficient (Wildman–Crippen LogP) is 4.76. The Morgan fingerprint density at radius 2 is 1.70 bits per heavy atom. The van der Waals surface area contributed by atoms with E-state index in [2.05, 4.69) is 0 Å². The molecule has 2 rings (SSSR count). The molecule has 0 aromatic heterocycles. The van der Waals surface area contributed by atoms with Crippen LogP contribution in [0.15, 0.2) is 54.6 Å². The van der Waals surface area contributed by atoms with E-state index >= 15 is 0 Å². The standard InChI is InChI=1S/C22H27NO4/c1-17(23(14-15-24)21(25)27-22(2,3)4)19-12-8-9-13-20(19)26-16-18-10-6-5-7-11-18/h5-13,15,17H,14,16H2,1-4H3. The smallest absolute Gasteiger partial charge is 0.411 e. The van der Waals surface area contributed by atoms with Crippen LogP contribution in [0, 0.1) is 0 Å². The van der Waals surface area contributed by atoms with Crippen LogP contribution in [0.2, 0.25) is 0 Å². The Balaban J connectivity index is 2.21. The van der Waals surface area contributed by atoms with Crippen molar-refractivity contribution in [3.8, 4) is 5.75 Å². The lowest BCUT2D eigenvalue weighted by Crippen LogP contribution is -2.39. The van der Waals surface area contributed by atoms with Gasteiger partial charge in [-0.1, -0.05) is 48.5 Å². The monoisotopic (exact) mass is 369 g/mol. The van der Waals surface area contributed by atoms with Crippen molar-refractivity contribution in [2.45, 2.75) is 45.9 Å². The minimum atomic E-state index is -0.638. The Kier molecular flexibility index (Phi) is 6.99. The topological polar surface area (TPSA) is 55.8 Å². The summed E-state index contributed by atoms with van der Waals surface area (Å²) in [7, 11) is 0. The summed E-state index contributed by atoms with van der Waals surface area (Å²) in [5, 5.41) is 0. The second kappa shape index (κ2) is 9.21. The minimum absolute atomic E-state index is 0.0525. The number of aldehydes is 1. The molecule has 0 N–H and O–H groups in total. The van der Waals surface area contributed by atoms with E-state index in [1.165, 1.54) is 4.90 Å². The van der Waals surface area contributed by atoms with Crippen LogP contribution in [-0.4, -0.2) is 29.4 Å². The van der Waals surface area contributed by atoms with E-state index in [1.807, 2.05) is 61.5 Å². The Hall–Kier alpha value is -2.82. The maximum absolute atomic E-state index is 12.6. The van der Waals surface area contributed by atoms with Gasteiger partial charge in [0.15, 0.2) is 0 Å². The van der Waals surface area contributed by atoms with Crippen molar-refractivity contribution < 1.29 is 19.1 Å². The number of carbonyl (C=O) groups is 2. The van der Waals surface area contributed by atoms with Gasteiger partial charge in [-0.25, -0.2) is 4.79 Å². The molecule has 0 saturated carbocycles. The van der Waals surface area contributed by atoms with Crippen LogP contribution in [0.3, 0.4) is 0 Å². The highest BCUT2D eigenvalue weighted by Gasteiger charge is 2.28. The fourth-order valence-electron chi connectivity index (χ4n) is 2.65. The third kappa shape index (κ3) is 6.13. The minimum Gasteiger partial charge on any atom is -0.489 e. The maximum atomic E-state index is 12.6. The fraction of sp³-hybridized carbons (Fsp3) is 0.364. The largest absolute Gasteiger partial charge is 0.489 e. The molecule has 0 aliphatic carbocycles. The number of hydrogen-bond acceptors (Lipinski definition) is 4. The van der Waals surface area contributed by atoms with Crippen LogP contribution >= 0.6 is 0 Å². The van der Waals surface area contributed by atoms with Gasteiger partial charge in [-0.2, -0.15) is 0 Å². The van der Waals surface area contributed by atoms with Gasteiger partial charge < -0.3 is 14.3 Å². The highest BCUT2D eigenvalue weighted by atomic mass is 16.6. The first-order valence-electron chi connectivity index (χ1n) is 9.00. The number of ether oxygens (including phenoxy) is 2. The van der Waals surface area contributed by atoms with Crippen LogP contribution in [0.5, 0.6) is 5.75 Å². The van der Waals surface area contributed by atoms with Crippen molar-refractivity contribution in [3.05, 3.63) is 65.7 Å². The molecule has 2 aromatic rings. The Labute approximate surface area is 160 Å². The molecule has 0 bridgehead atoms. The quantitative estimate of drug-likeness (QED) is 0.660. The molecule has 144 valence electrons. The number of amides is 1. The summed E-state index contributed by atoms with van der Waals surface area (Å²) in [6, 6.07) is 17.0. The second-order valence-corrected chi connectivity index (χ2v) is 7.29. The number of rotatable bonds is 7. The van der Waals surface area contributed by atoms with Gasteiger partial charge in [0.1, 0.15) is 24.2 Å². The molecule has 2 aromatic carbocycles. The number of carbonyl (C=O) groups excluding carboxylic acids is 2. The number of nitrogens with zero attached hydrogens (tertiary/aromatic N) is 1. The molecule has 0 saturated heterocycles. The van der Waals surface area contributed by atoms with Crippen molar-refractivity contribution in [1.82, 2.24) is 4.90 Å². The van der Waals surface area contributed by atoms with Gasteiger partial charge in [0.05, 0.1) is 12.6 Å². The van der Waals surface area contributed by atoms with Gasteiger partial charge in [-0.05, 0) is 39.3 Å². The van der Waals surface area contributed by atoms with Crippen molar-refractivity contribution in [2.75, 3.05) is 6.54 Å². The summed E-state index contributed by atoms with van der Waals surface area (Å²) < 4.78 is 11.4. The molecule has 1 atom stereocenters. The van der Waals surface area contributed by atoms with E-state index in [0.29, 0.717) is 18.6 Å². The summed E-state index contributed by atoms with van der Waals surface area (Å²) in [5.41, 5.74) is 1.24. The van der Waals surface area contributed by atoms with E-state index in [-0.39, 0.29) is 12.6 Å². The van der Waals surface area contributed by atoms with E-state index < -0.39 is 11.7 Å². The lowest BCUT2D eigenvalue weighted by Gasteiger charge is -2.31. The highest BCUT2D eigenvalue weighted by molar-refractivity contribution is 5.72. The lowest BCUT2D eigenvalue weighted by atomic mass is 10.1. The zero-order chi connectivity index (χ0) is 19.9. The first-order chi connectivity index (χ1) is 12.8. The summed E-state index contributed by atoms with van der Waals surface area (Å²) in [4.78, 5) is 25.1. The van der Waals surface area contributed by atoms with E-state index in [0.717, 1.165) is 11.1 Å². The fourth-order valence-corrected chi connectivity index (χ4v) is 2.65. The third-order valence-electron chi connectivity index (χ3n) is 3.97. The zero-order valence-corrected chi connectivity index (χ0v) is 16.3. The SMILES string of the molecule is CC(c1ccccc1OCc1ccccc1)N(CC=O)C(=O)OC(C)(C)C. The van der Waals surface area contributed by atoms with Crippen LogP contribution in [0.1, 0.15) is 44.9 Å². The molecule has 5 heteroatoms. The van der Waals surface area contributed by atoms with Crippen LogP contribution in [0.25, 0.3) is 0 Å². The maximum Gasteiger partial charge on any atom is 0.411 e. The number of para-hydroxylation sites is 1. The highest BCUT2D eigenvalue weighted by Crippen LogP contribution is 2.30. The van der Waals surface area contributed by atoms with E-state index in [1.54, 1.807) is 20.8 Å². The average Bonchev–Trinajstić information content (AvgIpc) is 2.63. The number of benzene rings is 2. The van der Waals surface area contributed by atoms with E-state index in [4.69, 9.17) is 9.47 Å².